The Hall–Kier alpha value is -0.260. The molecule has 4 nitrogen and oxygen atoms in total. The van der Waals surface area contributed by atoms with Gasteiger partial charge in [0.1, 0.15) is 5.60 Å². The van der Waals surface area contributed by atoms with Crippen LogP contribution in [0.4, 0.5) is 0 Å². The highest BCUT2D eigenvalue weighted by Crippen LogP contribution is 2.38. The fourth-order valence-corrected chi connectivity index (χ4v) is 3.63. The summed E-state index contributed by atoms with van der Waals surface area (Å²) >= 11 is 1.30. The zero-order chi connectivity index (χ0) is 14.0. The Morgan fingerprint density at radius 1 is 1.42 bits per heavy atom. The minimum Gasteiger partial charge on any atom is -0.457 e. The third kappa shape index (κ3) is 3.86. The highest BCUT2D eigenvalue weighted by atomic mass is 32.2. The molecule has 1 heterocycles. The van der Waals surface area contributed by atoms with Gasteiger partial charge >= 0.3 is 5.97 Å². The van der Waals surface area contributed by atoms with E-state index >= 15 is 0 Å². The number of carbonyl (C=O) groups is 1. The van der Waals surface area contributed by atoms with Crippen molar-refractivity contribution in [2.75, 3.05) is 5.75 Å². The number of rotatable bonds is 3. The van der Waals surface area contributed by atoms with E-state index in [4.69, 9.17) is 9.47 Å². The van der Waals surface area contributed by atoms with Crippen molar-refractivity contribution in [1.29, 1.82) is 0 Å². The number of ether oxygens (including phenoxy) is 2. The summed E-state index contributed by atoms with van der Waals surface area (Å²) in [7, 11) is 0. The predicted octanol–water partition coefficient (Wildman–Crippen LogP) is 2.54. The SMILES string of the molecule is CC(C)C1CCC(C)(OC(=O)[C@@H]2O[C@@H](O)CS2)CC1. The fourth-order valence-electron chi connectivity index (χ4n) is 2.83. The van der Waals surface area contributed by atoms with Crippen LogP contribution in [-0.2, 0) is 14.3 Å². The topological polar surface area (TPSA) is 55.8 Å². The van der Waals surface area contributed by atoms with E-state index < -0.39 is 11.7 Å². The molecule has 0 aromatic carbocycles. The molecule has 1 saturated heterocycles. The van der Waals surface area contributed by atoms with Crippen LogP contribution < -0.4 is 0 Å². The first-order valence-corrected chi connectivity index (χ1v) is 8.12. The molecule has 1 aliphatic heterocycles. The summed E-state index contributed by atoms with van der Waals surface area (Å²) < 4.78 is 10.8. The van der Waals surface area contributed by atoms with Crippen molar-refractivity contribution in [2.24, 2.45) is 11.8 Å². The lowest BCUT2D eigenvalue weighted by atomic mass is 9.75. The van der Waals surface area contributed by atoms with Crippen LogP contribution in [0.3, 0.4) is 0 Å². The Morgan fingerprint density at radius 3 is 2.53 bits per heavy atom. The quantitative estimate of drug-likeness (QED) is 0.809. The van der Waals surface area contributed by atoms with Crippen LogP contribution >= 0.6 is 11.8 Å². The van der Waals surface area contributed by atoms with E-state index in [1.54, 1.807) is 0 Å². The average molecular weight is 288 g/mol. The molecule has 0 radical (unpaired) electrons. The van der Waals surface area contributed by atoms with Crippen LogP contribution in [-0.4, -0.2) is 34.2 Å². The lowest BCUT2D eigenvalue weighted by molar-refractivity contribution is -0.178. The van der Waals surface area contributed by atoms with E-state index in [0.29, 0.717) is 11.7 Å². The molecule has 2 atom stereocenters. The van der Waals surface area contributed by atoms with Crippen molar-refractivity contribution in [3.8, 4) is 0 Å². The van der Waals surface area contributed by atoms with Gasteiger partial charge in [0.05, 0.1) is 0 Å². The third-order valence-electron chi connectivity index (χ3n) is 4.24. The molecule has 0 bridgehead atoms. The van der Waals surface area contributed by atoms with Gasteiger partial charge in [-0.1, -0.05) is 13.8 Å². The van der Waals surface area contributed by atoms with Gasteiger partial charge in [-0.05, 0) is 44.4 Å². The Labute approximate surface area is 119 Å². The van der Waals surface area contributed by atoms with Crippen molar-refractivity contribution in [3.63, 3.8) is 0 Å². The van der Waals surface area contributed by atoms with Gasteiger partial charge in [0.15, 0.2) is 6.29 Å². The highest BCUT2D eigenvalue weighted by Gasteiger charge is 2.39. The van der Waals surface area contributed by atoms with E-state index in [0.717, 1.165) is 31.6 Å². The Kier molecular flexibility index (Phi) is 4.79. The van der Waals surface area contributed by atoms with E-state index in [9.17, 15) is 9.90 Å². The largest absolute Gasteiger partial charge is 0.457 e. The van der Waals surface area contributed by atoms with Gasteiger partial charge in [0, 0.05) is 5.75 Å². The van der Waals surface area contributed by atoms with Crippen molar-refractivity contribution < 1.29 is 19.4 Å². The highest BCUT2D eigenvalue weighted by molar-refractivity contribution is 8.00. The molecule has 0 spiro atoms. The summed E-state index contributed by atoms with van der Waals surface area (Å²) in [5, 5.41) is 9.26. The number of aliphatic hydroxyl groups excluding tert-OH is 1. The maximum atomic E-state index is 12.0. The van der Waals surface area contributed by atoms with E-state index in [-0.39, 0.29) is 11.6 Å². The van der Waals surface area contributed by atoms with Gasteiger partial charge < -0.3 is 14.6 Å². The smallest absolute Gasteiger partial charge is 0.346 e. The molecular weight excluding hydrogens is 264 g/mol. The van der Waals surface area contributed by atoms with Crippen molar-refractivity contribution in [1.82, 2.24) is 0 Å². The van der Waals surface area contributed by atoms with E-state index in [2.05, 4.69) is 13.8 Å². The van der Waals surface area contributed by atoms with Crippen LogP contribution in [0.5, 0.6) is 0 Å². The molecule has 2 aliphatic rings. The summed E-state index contributed by atoms with van der Waals surface area (Å²) in [5.41, 5.74) is -1.02. The molecule has 0 unspecified atom stereocenters. The molecule has 0 aromatic rings. The van der Waals surface area contributed by atoms with Crippen LogP contribution in [0.1, 0.15) is 46.5 Å². The molecule has 1 saturated carbocycles. The molecule has 2 rings (SSSR count). The zero-order valence-electron chi connectivity index (χ0n) is 11.9. The average Bonchev–Trinajstić information content (AvgIpc) is 2.76. The van der Waals surface area contributed by atoms with Crippen molar-refractivity contribution in [3.05, 3.63) is 0 Å². The Bertz CT molecular complexity index is 323. The number of hydrogen-bond donors (Lipinski definition) is 1. The maximum Gasteiger partial charge on any atom is 0.346 e. The normalized spacial score (nSPS) is 39.5. The van der Waals surface area contributed by atoms with Gasteiger partial charge in [0.25, 0.3) is 0 Å². The van der Waals surface area contributed by atoms with Crippen molar-refractivity contribution >= 4 is 17.7 Å². The molecule has 5 heteroatoms. The number of hydrogen-bond acceptors (Lipinski definition) is 5. The van der Waals surface area contributed by atoms with Crippen LogP contribution in [0, 0.1) is 11.8 Å². The molecule has 110 valence electrons. The van der Waals surface area contributed by atoms with Crippen molar-refractivity contribution in [2.45, 2.75) is 63.8 Å². The predicted molar refractivity (Wildman–Crippen MR) is 74.6 cm³/mol. The number of esters is 1. The standard InChI is InChI=1S/C14H24O4S/c1-9(2)10-4-6-14(3,7-5-10)18-12(16)13-17-11(15)8-19-13/h9-11,13,15H,4-8H2,1-3H3/t10?,11-,13-,14?/m1/s1. The maximum absolute atomic E-state index is 12.0. The summed E-state index contributed by atoms with van der Waals surface area (Å²) in [6, 6.07) is 0. The monoisotopic (exact) mass is 288 g/mol. The number of thioether (sulfide) groups is 1. The number of carbonyl (C=O) groups excluding carboxylic acids is 1. The lowest BCUT2D eigenvalue weighted by Crippen LogP contribution is -2.39. The second-order valence-electron chi connectivity index (χ2n) is 6.21. The summed E-state index contributed by atoms with van der Waals surface area (Å²) in [6.07, 6.45) is 3.22. The fraction of sp³-hybridized carbons (Fsp3) is 0.929. The Morgan fingerprint density at radius 2 is 2.05 bits per heavy atom. The van der Waals surface area contributed by atoms with Crippen LogP contribution in [0.2, 0.25) is 0 Å². The first-order valence-electron chi connectivity index (χ1n) is 7.07. The molecule has 0 amide bonds. The third-order valence-corrected chi connectivity index (χ3v) is 5.32. The van der Waals surface area contributed by atoms with Gasteiger partial charge in [-0.2, -0.15) is 0 Å². The minimum atomic E-state index is -0.841. The van der Waals surface area contributed by atoms with Crippen LogP contribution in [0.15, 0.2) is 0 Å². The zero-order valence-corrected chi connectivity index (χ0v) is 12.7. The minimum absolute atomic E-state index is 0.341. The van der Waals surface area contributed by atoms with Gasteiger partial charge in [-0.15, -0.1) is 11.8 Å². The van der Waals surface area contributed by atoms with Crippen LogP contribution in [0.25, 0.3) is 0 Å². The van der Waals surface area contributed by atoms with Gasteiger partial charge in [-0.3, -0.25) is 0 Å². The summed E-state index contributed by atoms with van der Waals surface area (Å²) in [6.45, 7) is 6.52. The second kappa shape index (κ2) is 6.02. The second-order valence-corrected chi connectivity index (χ2v) is 7.30. The summed E-state index contributed by atoms with van der Waals surface area (Å²) in [5.74, 6) is 1.54. The molecule has 19 heavy (non-hydrogen) atoms. The first kappa shape index (κ1) is 15.1. The Balaban J connectivity index is 1.83. The summed E-state index contributed by atoms with van der Waals surface area (Å²) in [4.78, 5) is 12.0. The van der Waals surface area contributed by atoms with Gasteiger partial charge in [0.2, 0.25) is 5.44 Å². The molecular formula is C14H24O4S. The number of aliphatic hydroxyl groups is 1. The molecule has 1 N–H and O–H groups in total. The molecule has 0 aromatic heterocycles. The first-order chi connectivity index (χ1) is 8.89. The van der Waals surface area contributed by atoms with Gasteiger partial charge in [-0.25, -0.2) is 4.79 Å². The van der Waals surface area contributed by atoms with E-state index in [1.807, 2.05) is 6.92 Å². The molecule has 1 aliphatic carbocycles. The lowest BCUT2D eigenvalue weighted by Gasteiger charge is -2.38. The van der Waals surface area contributed by atoms with E-state index in [1.165, 1.54) is 11.8 Å². The molecule has 2 fully saturated rings.